The Morgan fingerprint density at radius 1 is 1.47 bits per heavy atom. The highest BCUT2D eigenvalue weighted by molar-refractivity contribution is 5.43. The molecule has 1 aliphatic heterocycles. The van der Waals surface area contributed by atoms with Gasteiger partial charge in [0.2, 0.25) is 0 Å². The fourth-order valence-corrected chi connectivity index (χ4v) is 3.97. The first-order valence-corrected chi connectivity index (χ1v) is 7.32. The lowest BCUT2D eigenvalue weighted by Crippen LogP contribution is -2.52. The molecular weight excluding hydrogens is 236 g/mol. The third-order valence-corrected chi connectivity index (χ3v) is 5.17. The molecule has 3 heteroatoms. The van der Waals surface area contributed by atoms with Gasteiger partial charge in [0.1, 0.15) is 5.75 Å². The van der Waals surface area contributed by atoms with Gasteiger partial charge >= 0.3 is 0 Å². The summed E-state index contributed by atoms with van der Waals surface area (Å²) >= 11 is 0. The summed E-state index contributed by atoms with van der Waals surface area (Å²) in [6, 6.07) is 6.66. The quantitative estimate of drug-likeness (QED) is 0.871. The van der Waals surface area contributed by atoms with Crippen LogP contribution in [0.2, 0.25) is 0 Å². The molecule has 0 saturated carbocycles. The molecule has 1 fully saturated rings. The largest absolute Gasteiger partial charge is 0.508 e. The zero-order valence-electron chi connectivity index (χ0n) is 11.9. The summed E-state index contributed by atoms with van der Waals surface area (Å²) in [7, 11) is 4.27. The van der Waals surface area contributed by atoms with Crippen molar-refractivity contribution in [1.29, 1.82) is 0 Å². The maximum absolute atomic E-state index is 9.85. The van der Waals surface area contributed by atoms with Gasteiger partial charge in [-0.1, -0.05) is 6.07 Å². The van der Waals surface area contributed by atoms with E-state index in [2.05, 4.69) is 23.3 Å². The number of benzene rings is 1. The van der Waals surface area contributed by atoms with Gasteiger partial charge in [0.05, 0.1) is 0 Å². The van der Waals surface area contributed by atoms with Gasteiger partial charge in [-0.25, -0.2) is 0 Å². The Hall–Kier alpha value is -1.06. The Balaban J connectivity index is 2.03. The van der Waals surface area contributed by atoms with E-state index < -0.39 is 0 Å². The molecule has 3 nitrogen and oxygen atoms in total. The van der Waals surface area contributed by atoms with Crippen LogP contribution in [0, 0.1) is 0 Å². The molecule has 2 unspecified atom stereocenters. The fraction of sp³-hybridized carbons (Fsp3) is 0.625. The Labute approximate surface area is 115 Å². The van der Waals surface area contributed by atoms with Crippen molar-refractivity contribution in [1.82, 2.24) is 10.2 Å². The Morgan fingerprint density at radius 3 is 3.11 bits per heavy atom. The summed E-state index contributed by atoms with van der Waals surface area (Å²) in [6.07, 6.45) is 4.75. The summed E-state index contributed by atoms with van der Waals surface area (Å²) in [4.78, 5) is 2.51. The number of hydrogen-bond donors (Lipinski definition) is 2. The summed E-state index contributed by atoms with van der Waals surface area (Å²) in [5.41, 5.74) is 3.12. The number of nitrogens with zero attached hydrogens (tertiary/aromatic N) is 1. The van der Waals surface area contributed by atoms with Crippen molar-refractivity contribution in [2.45, 2.75) is 37.1 Å². The Kier molecular flexibility index (Phi) is 3.27. The minimum absolute atomic E-state index is 0.270. The number of hydrogen-bond acceptors (Lipinski definition) is 3. The number of likely N-dealkylation sites (N-methyl/N-ethyl adjacent to an activating group) is 1. The molecule has 2 aliphatic rings. The van der Waals surface area contributed by atoms with Crippen LogP contribution in [0.15, 0.2) is 18.2 Å². The van der Waals surface area contributed by atoms with E-state index in [1.165, 1.54) is 36.9 Å². The van der Waals surface area contributed by atoms with Crippen LogP contribution < -0.4 is 5.32 Å². The molecule has 1 heterocycles. The molecule has 2 bridgehead atoms. The minimum Gasteiger partial charge on any atom is -0.508 e. The van der Waals surface area contributed by atoms with Crippen LogP contribution in [0.25, 0.3) is 0 Å². The van der Waals surface area contributed by atoms with E-state index in [-0.39, 0.29) is 5.41 Å². The summed E-state index contributed by atoms with van der Waals surface area (Å²) in [6.45, 7) is 2.22. The second-order valence-corrected chi connectivity index (χ2v) is 6.27. The monoisotopic (exact) mass is 260 g/mol. The van der Waals surface area contributed by atoms with Crippen LogP contribution in [0.1, 0.15) is 30.4 Å². The molecule has 1 saturated heterocycles. The number of fused-ring (bicyclic) bond motifs is 4. The summed E-state index contributed by atoms with van der Waals surface area (Å²) in [5.74, 6) is 0.417. The Morgan fingerprint density at radius 2 is 2.32 bits per heavy atom. The van der Waals surface area contributed by atoms with Gasteiger partial charge in [-0.05, 0) is 81.5 Å². The first-order chi connectivity index (χ1) is 9.14. The van der Waals surface area contributed by atoms with E-state index in [0.29, 0.717) is 11.8 Å². The van der Waals surface area contributed by atoms with Gasteiger partial charge in [-0.3, -0.25) is 0 Å². The lowest BCUT2D eigenvalue weighted by molar-refractivity contribution is 0.0980. The van der Waals surface area contributed by atoms with Crippen LogP contribution >= 0.6 is 0 Å². The zero-order chi connectivity index (χ0) is 13.5. The standard InChI is InChI=1S/C16H24N2O/c1-17-7-5-16-6-8-18(2)13(11-16)9-12-3-4-14(19)10-15(12)16/h3-4,10,13,17,19H,5-9,11H2,1-2H3. The van der Waals surface area contributed by atoms with Gasteiger partial charge in [0.15, 0.2) is 0 Å². The highest BCUT2D eigenvalue weighted by atomic mass is 16.3. The van der Waals surface area contributed by atoms with E-state index in [4.69, 9.17) is 0 Å². The molecule has 0 aromatic heterocycles. The van der Waals surface area contributed by atoms with Gasteiger partial charge in [0, 0.05) is 6.04 Å². The number of phenolic OH excluding ortho intramolecular Hbond substituents is 1. The SMILES string of the molecule is CNCCC12CCN(C)C(Cc3ccc(O)cc31)C2. The Bertz CT molecular complexity index is 470. The predicted octanol–water partition coefficient (Wildman–Crippen LogP) is 1.89. The van der Waals surface area contributed by atoms with Crippen LogP contribution in [0.5, 0.6) is 5.75 Å². The molecule has 1 aromatic rings. The third kappa shape index (κ3) is 2.15. The average Bonchev–Trinajstić information content (AvgIpc) is 2.42. The number of rotatable bonds is 3. The second-order valence-electron chi connectivity index (χ2n) is 6.27. The van der Waals surface area contributed by atoms with Crippen LogP contribution in [-0.2, 0) is 11.8 Å². The molecule has 3 rings (SSSR count). The molecule has 0 spiro atoms. The van der Waals surface area contributed by atoms with Crippen LogP contribution in [-0.4, -0.2) is 43.2 Å². The molecule has 104 valence electrons. The molecule has 2 N–H and O–H groups in total. The van der Waals surface area contributed by atoms with Crippen molar-refractivity contribution < 1.29 is 5.11 Å². The van der Waals surface area contributed by atoms with E-state index in [1.807, 2.05) is 19.2 Å². The summed E-state index contributed by atoms with van der Waals surface area (Å²) < 4.78 is 0. The normalized spacial score (nSPS) is 30.1. The first-order valence-electron chi connectivity index (χ1n) is 7.32. The van der Waals surface area contributed by atoms with Crippen molar-refractivity contribution in [3.05, 3.63) is 29.3 Å². The van der Waals surface area contributed by atoms with Crippen molar-refractivity contribution in [3.8, 4) is 5.75 Å². The van der Waals surface area contributed by atoms with Gasteiger partial charge < -0.3 is 15.3 Å². The predicted molar refractivity (Wildman–Crippen MR) is 77.7 cm³/mol. The highest BCUT2D eigenvalue weighted by Gasteiger charge is 2.44. The molecule has 0 amide bonds. The van der Waals surface area contributed by atoms with Gasteiger partial charge in [-0.2, -0.15) is 0 Å². The van der Waals surface area contributed by atoms with Crippen LogP contribution in [0.4, 0.5) is 0 Å². The molecule has 2 atom stereocenters. The average molecular weight is 260 g/mol. The van der Waals surface area contributed by atoms with Crippen LogP contribution in [0.3, 0.4) is 0 Å². The first kappa shape index (κ1) is 12.9. The fourth-order valence-electron chi connectivity index (χ4n) is 3.97. The molecule has 19 heavy (non-hydrogen) atoms. The van der Waals surface area contributed by atoms with Crippen molar-refractivity contribution in [2.75, 3.05) is 27.2 Å². The number of phenols is 1. The van der Waals surface area contributed by atoms with Crippen molar-refractivity contribution in [3.63, 3.8) is 0 Å². The van der Waals surface area contributed by atoms with Gasteiger partial charge in [0.25, 0.3) is 0 Å². The minimum atomic E-state index is 0.270. The molecule has 1 aromatic carbocycles. The number of nitrogens with one attached hydrogen (secondary N) is 1. The topological polar surface area (TPSA) is 35.5 Å². The maximum atomic E-state index is 9.85. The lowest BCUT2D eigenvalue weighted by Gasteiger charge is -2.50. The van der Waals surface area contributed by atoms with E-state index in [1.54, 1.807) is 0 Å². The lowest BCUT2D eigenvalue weighted by atomic mass is 9.62. The molecule has 0 radical (unpaired) electrons. The van der Waals surface area contributed by atoms with Crippen molar-refractivity contribution in [2.24, 2.45) is 0 Å². The number of piperidine rings is 1. The third-order valence-electron chi connectivity index (χ3n) is 5.17. The zero-order valence-corrected chi connectivity index (χ0v) is 11.9. The number of aromatic hydroxyl groups is 1. The van der Waals surface area contributed by atoms with Crippen molar-refractivity contribution >= 4 is 0 Å². The van der Waals surface area contributed by atoms with E-state index in [9.17, 15) is 5.11 Å². The maximum Gasteiger partial charge on any atom is 0.115 e. The smallest absolute Gasteiger partial charge is 0.115 e. The molecule has 1 aliphatic carbocycles. The van der Waals surface area contributed by atoms with E-state index in [0.717, 1.165) is 13.0 Å². The molecular formula is C16H24N2O. The summed E-state index contributed by atoms with van der Waals surface area (Å²) in [5, 5.41) is 13.1. The highest BCUT2D eigenvalue weighted by Crippen LogP contribution is 2.47. The second kappa shape index (κ2) is 4.80. The van der Waals surface area contributed by atoms with Gasteiger partial charge in [-0.15, -0.1) is 0 Å². The van der Waals surface area contributed by atoms with E-state index >= 15 is 0 Å². The number of likely N-dealkylation sites (tertiary alicyclic amines) is 1.